The summed E-state index contributed by atoms with van der Waals surface area (Å²) in [7, 11) is 0. The molecule has 33 heavy (non-hydrogen) atoms. The molecule has 0 radical (unpaired) electrons. The van der Waals surface area contributed by atoms with E-state index in [0.717, 1.165) is 10.9 Å². The van der Waals surface area contributed by atoms with Crippen molar-refractivity contribution < 1.29 is 29.6 Å². The monoisotopic (exact) mass is 444 g/mol. The summed E-state index contributed by atoms with van der Waals surface area (Å²) in [5, 5.41) is 31.7. The lowest BCUT2D eigenvalue weighted by Gasteiger charge is -2.17. The Morgan fingerprint density at radius 1 is 0.727 bits per heavy atom. The lowest BCUT2D eigenvalue weighted by atomic mass is 10.0. The Hall–Kier alpha value is -3.87. The highest BCUT2D eigenvalue weighted by Crippen LogP contribution is 2.33. The lowest BCUT2D eigenvalue weighted by molar-refractivity contribution is 0.0684. The minimum absolute atomic E-state index is 0.0101. The fourth-order valence-corrected chi connectivity index (χ4v) is 3.57. The van der Waals surface area contributed by atoms with Crippen molar-refractivity contribution in [3.8, 4) is 11.5 Å². The summed E-state index contributed by atoms with van der Waals surface area (Å²) in [4.78, 5) is 11.8. The second-order valence-electron chi connectivity index (χ2n) is 7.61. The third-order valence-corrected chi connectivity index (χ3v) is 5.33. The normalized spacial score (nSPS) is 12.8. The average molecular weight is 444 g/mol. The van der Waals surface area contributed by atoms with Crippen molar-refractivity contribution in [2.45, 2.75) is 12.2 Å². The van der Waals surface area contributed by atoms with E-state index in [1.807, 2.05) is 48.5 Å². The third kappa shape index (κ3) is 5.31. The molecule has 0 saturated carbocycles. The Balaban J connectivity index is 1.54. The molecule has 0 bridgehead atoms. The van der Waals surface area contributed by atoms with Crippen LogP contribution in [0.4, 0.5) is 0 Å². The summed E-state index contributed by atoms with van der Waals surface area (Å²) >= 11 is 0. The zero-order valence-electron chi connectivity index (χ0n) is 17.8. The molecule has 4 rings (SSSR count). The minimum Gasteiger partial charge on any atom is -0.491 e. The topological polar surface area (TPSA) is 96.2 Å². The van der Waals surface area contributed by atoms with Gasteiger partial charge in [0.15, 0.2) is 0 Å². The lowest BCUT2D eigenvalue weighted by Crippen LogP contribution is -2.12. The molecule has 0 aromatic heterocycles. The highest BCUT2D eigenvalue weighted by molar-refractivity contribution is 6.01. The summed E-state index contributed by atoms with van der Waals surface area (Å²) in [6.45, 7) is -0.0136. The van der Waals surface area contributed by atoms with E-state index in [-0.39, 0.29) is 24.5 Å². The first-order chi connectivity index (χ1) is 16.0. The van der Waals surface area contributed by atoms with Gasteiger partial charge in [-0.25, -0.2) is 4.79 Å². The van der Waals surface area contributed by atoms with Gasteiger partial charge in [0.05, 0.1) is 0 Å². The summed E-state index contributed by atoms with van der Waals surface area (Å²) in [5.74, 6) is -0.394. The quantitative estimate of drug-likeness (QED) is 0.344. The maximum absolute atomic E-state index is 11.8. The second kappa shape index (κ2) is 10.2. The summed E-state index contributed by atoms with van der Waals surface area (Å²) < 4.78 is 11.6. The molecule has 6 heteroatoms. The number of ether oxygens (including phenoxy) is 2. The molecular weight excluding hydrogens is 420 g/mol. The van der Waals surface area contributed by atoms with Crippen LogP contribution in [0.2, 0.25) is 0 Å². The van der Waals surface area contributed by atoms with E-state index in [2.05, 4.69) is 0 Å². The van der Waals surface area contributed by atoms with Gasteiger partial charge in [0.1, 0.15) is 42.5 Å². The van der Waals surface area contributed by atoms with Gasteiger partial charge < -0.3 is 24.8 Å². The average Bonchev–Trinajstić information content (AvgIpc) is 2.86. The first-order valence-electron chi connectivity index (χ1n) is 10.5. The van der Waals surface area contributed by atoms with Gasteiger partial charge in [-0.2, -0.15) is 0 Å². The van der Waals surface area contributed by atoms with Crippen molar-refractivity contribution in [1.29, 1.82) is 0 Å². The van der Waals surface area contributed by atoms with E-state index in [1.165, 1.54) is 6.07 Å². The molecule has 0 heterocycles. The Labute approximate surface area is 191 Å². The largest absolute Gasteiger partial charge is 0.491 e. The van der Waals surface area contributed by atoms with Gasteiger partial charge in [-0.1, -0.05) is 66.7 Å². The molecule has 3 N–H and O–H groups in total. The molecule has 0 fully saturated rings. The van der Waals surface area contributed by atoms with Crippen molar-refractivity contribution in [3.63, 3.8) is 0 Å². The van der Waals surface area contributed by atoms with Gasteiger partial charge in [-0.15, -0.1) is 0 Å². The van der Waals surface area contributed by atoms with Crippen molar-refractivity contribution in [1.82, 2.24) is 0 Å². The van der Waals surface area contributed by atoms with Crippen molar-refractivity contribution in [3.05, 3.63) is 108 Å². The maximum atomic E-state index is 11.8. The Morgan fingerprint density at radius 2 is 1.30 bits per heavy atom. The molecule has 0 saturated heterocycles. The summed E-state index contributed by atoms with van der Waals surface area (Å²) in [6.07, 6.45) is -1.67. The van der Waals surface area contributed by atoms with Crippen LogP contribution in [0.3, 0.4) is 0 Å². The fourth-order valence-electron chi connectivity index (χ4n) is 3.57. The first-order valence-corrected chi connectivity index (χ1v) is 10.5. The number of hydrogen-bond donors (Lipinski definition) is 3. The van der Waals surface area contributed by atoms with Crippen LogP contribution in [-0.2, 0) is 0 Å². The second-order valence-corrected chi connectivity index (χ2v) is 7.61. The van der Waals surface area contributed by atoms with Gasteiger partial charge in [-0.05, 0) is 40.8 Å². The van der Waals surface area contributed by atoms with Crippen LogP contribution in [0.25, 0.3) is 10.8 Å². The number of carbonyl (C=O) groups is 1. The fraction of sp³-hybridized carbons (Fsp3) is 0.148. The molecule has 4 aromatic rings. The summed E-state index contributed by atoms with van der Waals surface area (Å²) in [5.41, 5.74) is 1.45. The van der Waals surface area contributed by atoms with Gasteiger partial charge in [0, 0.05) is 5.39 Å². The number of benzene rings is 4. The molecular formula is C27H24O6. The van der Waals surface area contributed by atoms with Crippen molar-refractivity contribution >= 4 is 16.7 Å². The van der Waals surface area contributed by atoms with E-state index in [4.69, 9.17) is 9.47 Å². The number of carboxylic acids is 1. The number of hydrogen-bond acceptors (Lipinski definition) is 5. The van der Waals surface area contributed by atoms with E-state index >= 15 is 0 Å². The highest BCUT2D eigenvalue weighted by Gasteiger charge is 2.18. The predicted molar refractivity (Wildman–Crippen MR) is 125 cm³/mol. The van der Waals surface area contributed by atoms with Crippen LogP contribution in [0, 0.1) is 0 Å². The smallest absolute Gasteiger partial charge is 0.339 e. The standard InChI is InChI=1S/C27H24O6/c28-24(18-7-3-1-4-8-18)16-32-21-12-14-22-20(15-21)11-13-23(27(30)31)26(22)33-17-25(29)19-9-5-2-6-10-19/h1-15,24-25,28-29H,16-17H2,(H,30,31). The number of carboxylic acid groups (broad SMARTS) is 1. The number of rotatable bonds is 9. The first kappa shape index (κ1) is 22.3. The van der Waals surface area contributed by atoms with Gasteiger partial charge in [-0.3, -0.25) is 0 Å². The molecule has 0 aliphatic rings. The van der Waals surface area contributed by atoms with E-state index in [0.29, 0.717) is 16.7 Å². The van der Waals surface area contributed by atoms with Gasteiger partial charge in [0.2, 0.25) is 0 Å². The predicted octanol–water partition coefficient (Wildman–Crippen LogP) is 4.76. The number of aliphatic hydroxyl groups excluding tert-OH is 2. The Morgan fingerprint density at radius 3 is 1.88 bits per heavy atom. The molecule has 0 aliphatic carbocycles. The molecule has 4 aromatic carbocycles. The van der Waals surface area contributed by atoms with E-state index < -0.39 is 18.2 Å². The van der Waals surface area contributed by atoms with Crippen LogP contribution in [-0.4, -0.2) is 34.5 Å². The van der Waals surface area contributed by atoms with Crippen molar-refractivity contribution in [2.24, 2.45) is 0 Å². The summed E-state index contributed by atoms with van der Waals surface area (Å²) in [6, 6.07) is 26.6. The molecule has 0 spiro atoms. The zero-order valence-corrected chi connectivity index (χ0v) is 17.8. The van der Waals surface area contributed by atoms with Crippen molar-refractivity contribution in [2.75, 3.05) is 13.2 Å². The molecule has 168 valence electrons. The van der Waals surface area contributed by atoms with Gasteiger partial charge in [0.25, 0.3) is 0 Å². The molecule has 0 aliphatic heterocycles. The van der Waals surface area contributed by atoms with Crippen LogP contribution in [0.15, 0.2) is 91.0 Å². The zero-order chi connectivity index (χ0) is 23.2. The molecule has 2 unspecified atom stereocenters. The highest BCUT2D eigenvalue weighted by atomic mass is 16.5. The Kier molecular flexibility index (Phi) is 6.88. The van der Waals surface area contributed by atoms with E-state index in [1.54, 1.807) is 36.4 Å². The van der Waals surface area contributed by atoms with Crippen LogP contribution in [0.5, 0.6) is 11.5 Å². The maximum Gasteiger partial charge on any atom is 0.339 e. The molecule has 6 nitrogen and oxygen atoms in total. The van der Waals surface area contributed by atoms with Gasteiger partial charge >= 0.3 is 5.97 Å². The van der Waals surface area contributed by atoms with E-state index in [9.17, 15) is 20.1 Å². The van der Waals surface area contributed by atoms with Crippen LogP contribution in [0.1, 0.15) is 33.7 Å². The number of fused-ring (bicyclic) bond motifs is 1. The SMILES string of the molecule is O=C(O)c1ccc2cc(OCC(O)c3ccccc3)ccc2c1OCC(O)c1ccccc1. The Bertz CT molecular complexity index is 1220. The van der Waals surface area contributed by atoms with Crippen LogP contribution >= 0.6 is 0 Å². The number of aliphatic hydroxyl groups is 2. The number of aromatic carboxylic acids is 1. The third-order valence-electron chi connectivity index (χ3n) is 5.33. The minimum atomic E-state index is -1.12. The van der Waals surface area contributed by atoms with Crippen LogP contribution < -0.4 is 9.47 Å². The molecule has 0 amide bonds. The molecule has 2 atom stereocenters.